The fourth-order valence-corrected chi connectivity index (χ4v) is 1.95. The van der Waals surface area contributed by atoms with E-state index in [2.05, 4.69) is 10.3 Å². The summed E-state index contributed by atoms with van der Waals surface area (Å²) in [6.07, 6.45) is 1.21. The summed E-state index contributed by atoms with van der Waals surface area (Å²) in [6.45, 7) is 1.69. The second-order valence-electron chi connectivity index (χ2n) is 4.45. The first kappa shape index (κ1) is 14.9. The number of rotatable bonds is 4. The number of benzene rings is 1. The Labute approximate surface area is 120 Å². The Morgan fingerprint density at radius 1 is 1.29 bits per heavy atom. The van der Waals surface area contributed by atoms with Gasteiger partial charge in [-0.15, -0.1) is 0 Å². The molecule has 1 amide bonds. The van der Waals surface area contributed by atoms with E-state index in [1.807, 2.05) is 0 Å². The molecule has 0 saturated heterocycles. The van der Waals surface area contributed by atoms with Crippen molar-refractivity contribution in [1.82, 2.24) is 10.3 Å². The van der Waals surface area contributed by atoms with E-state index in [9.17, 15) is 13.6 Å². The minimum absolute atomic E-state index is 0.143. The Morgan fingerprint density at radius 3 is 2.71 bits per heavy atom. The molecule has 21 heavy (non-hydrogen) atoms. The maximum Gasteiger partial charge on any atom is 0.251 e. The van der Waals surface area contributed by atoms with Crippen LogP contribution in [0.5, 0.6) is 5.75 Å². The predicted octanol–water partition coefficient (Wildman–Crippen LogP) is 2.86. The molecule has 0 fully saturated rings. The molecule has 1 N–H and O–H groups in total. The number of nitrogens with zero attached hydrogens (tertiary/aromatic N) is 1. The van der Waals surface area contributed by atoms with Crippen LogP contribution in [0.25, 0.3) is 0 Å². The maximum absolute atomic E-state index is 13.3. The van der Waals surface area contributed by atoms with Crippen molar-refractivity contribution in [2.75, 3.05) is 7.11 Å². The van der Waals surface area contributed by atoms with E-state index in [-0.39, 0.29) is 5.56 Å². The lowest BCUT2D eigenvalue weighted by atomic mass is 10.1. The molecule has 0 spiro atoms. The highest BCUT2D eigenvalue weighted by Crippen LogP contribution is 2.26. The summed E-state index contributed by atoms with van der Waals surface area (Å²) >= 11 is 0. The summed E-state index contributed by atoms with van der Waals surface area (Å²) < 4.78 is 31.5. The van der Waals surface area contributed by atoms with Crippen LogP contribution >= 0.6 is 0 Å². The highest BCUT2D eigenvalue weighted by Gasteiger charge is 2.16. The van der Waals surface area contributed by atoms with Crippen LogP contribution in [-0.4, -0.2) is 18.0 Å². The van der Waals surface area contributed by atoms with Crippen LogP contribution in [0, 0.1) is 11.8 Å². The van der Waals surface area contributed by atoms with Gasteiger partial charge >= 0.3 is 0 Å². The van der Waals surface area contributed by atoms with E-state index >= 15 is 0 Å². The Balaban J connectivity index is 2.20. The van der Waals surface area contributed by atoms with Crippen LogP contribution in [-0.2, 0) is 0 Å². The summed E-state index contributed by atoms with van der Waals surface area (Å²) in [6, 6.07) is 5.98. The van der Waals surface area contributed by atoms with Gasteiger partial charge in [-0.25, -0.2) is 9.37 Å². The Kier molecular flexibility index (Phi) is 4.47. The van der Waals surface area contributed by atoms with Crippen molar-refractivity contribution in [2.24, 2.45) is 0 Å². The predicted molar refractivity (Wildman–Crippen MR) is 73.0 cm³/mol. The van der Waals surface area contributed by atoms with Crippen molar-refractivity contribution in [1.29, 1.82) is 0 Å². The summed E-state index contributed by atoms with van der Waals surface area (Å²) in [7, 11) is 1.46. The molecule has 2 rings (SSSR count). The molecular formula is C15H14F2N2O2. The molecule has 0 aliphatic carbocycles. The first-order chi connectivity index (χ1) is 10.0. The Hall–Kier alpha value is -2.50. The zero-order valence-electron chi connectivity index (χ0n) is 11.6. The number of carbonyl (C=O) groups excluding carboxylic acids is 1. The molecule has 1 aromatic carbocycles. The van der Waals surface area contributed by atoms with Crippen LogP contribution < -0.4 is 10.1 Å². The van der Waals surface area contributed by atoms with E-state index in [1.165, 1.54) is 37.6 Å². The number of methoxy groups -OCH3 is 1. The second kappa shape index (κ2) is 6.30. The molecule has 0 aliphatic rings. The van der Waals surface area contributed by atoms with E-state index in [1.54, 1.807) is 6.92 Å². The van der Waals surface area contributed by atoms with Gasteiger partial charge in [0, 0.05) is 23.4 Å². The highest BCUT2D eigenvalue weighted by atomic mass is 19.1. The molecule has 6 heteroatoms. The molecule has 110 valence electrons. The topological polar surface area (TPSA) is 51.2 Å². The number of hydrogen-bond donors (Lipinski definition) is 1. The van der Waals surface area contributed by atoms with E-state index in [0.717, 1.165) is 6.07 Å². The van der Waals surface area contributed by atoms with E-state index in [0.29, 0.717) is 11.3 Å². The number of halogens is 2. The molecule has 1 heterocycles. The van der Waals surface area contributed by atoms with Crippen LogP contribution in [0.15, 0.2) is 36.5 Å². The average molecular weight is 292 g/mol. The van der Waals surface area contributed by atoms with Gasteiger partial charge in [-0.05, 0) is 31.2 Å². The van der Waals surface area contributed by atoms with Crippen molar-refractivity contribution >= 4 is 5.91 Å². The standard InChI is InChI=1S/C15H14F2N2O2/c1-9(12-8-11(16)3-4-13(12)21-2)19-15(20)10-5-6-18-14(17)7-10/h3-9H,1-2H3,(H,19,20). The monoisotopic (exact) mass is 292 g/mol. The zero-order chi connectivity index (χ0) is 15.4. The molecule has 0 aliphatic heterocycles. The van der Waals surface area contributed by atoms with Crippen molar-refractivity contribution in [2.45, 2.75) is 13.0 Å². The van der Waals surface area contributed by atoms with Gasteiger partial charge in [-0.2, -0.15) is 4.39 Å². The normalized spacial score (nSPS) is 11.8. The first-order valence-corrected chi connectivity index (χ1v) is 6.27. The van der Waals surface area contributed by atoms with Gasteiger partial charge in [-0.1, -0.05) is 0 Å². The fourth-order valence-electron chi connectivity index (χ4n) is 1.95. The number of hydrogen-bond acceptors (Lipinski definition) is 3. The van der Waals surface area contributed by atoms with Gasteiger partial charge in [0.1, 0.15) is 11.6 Å². The molecule has 0 radical (unpaired) electrons. The second-order valence-corrected chi connectivity index (χ2v) is 4.45. The average Bonchev–Trinajstić information content (AvgIpc) is 2.47. The van der Waals surface area contributed by atoms with Crippen molar-refractivity contribution in [3.63, 3.8) is 0 Å². The van der Waals surface area contributed by atoms with Crippen LogP contribution in [0.2, 0.25) is 0 Å². The number of amides is 1. The zero-order valence-corrected chi connectivity index (χ0v) is 11.6. The van der Waals surface area contributed by atoms with Crippen molar-refractivity contribution in [3.05, 3.63) is 59.4 Å². The molecular weight excluding hydrogens is 278 g/mol. The van der Waals surface area contributed by atoms with E-state index in [4.69, 9.17) is 4.74 Å². The lowest BCUT2D eigenvalue weighted by molar-refractivity contribution is 0.0938. The molecule has 2 aromatic rings. The van der Waals surface area contributed by atoms with Gasteiger partial charge in [0.15, 0.2) is 0 Å². The smallest absolute Gasteiger partial charge is 0.251 e. The van der Waals surface area contributed by atoms with Crippen LogP contribution in [0.4, 0.5) is 8.78 Å². The minimum Gasteiger partial charge on any atom is -0.496 e. The molecule has 4 nitrogen and oxygen atoms in total. The lowest BCUT2D eigenvalue weighted by Gasteiger charge is -2.17. The molecule has 1 aromatic heterocycles. The van der Waals surface area contributed by atoms with Gasteiger partial charge in [0.25, 0.3) is 5.91 Å². The fraction of sp³-hybridized carbons (Fsp3) is 0.200. The summed E-state index contributed by atoms with van der Waals surface area (Å²) in [5.41, 5.74) is 0.644. The number of pyridine rings is 1. The van der Waals surface area contributed by atoms with Crippen LogP contribution in [0.3, 0.4) is 0 Å². The first-order valence-electron chi connectivity index (χ1n) is 6.27. The number of ether oxygens (including phenoxy) is 1. The Bertz CT molecular complexity index is 662. The Morgan fingerprint density at radius 2 is 2.05 bits per heavy atom. The summed E-state index contributed by atoms with van der Waals surface area (Å²) in [5, 5.41) is 2.66. The molecule has 0 saturated carbocycles. The van der Waals surface area contributed by atoms with Gasteiger partial charge in [0.2, 0.25) is 5.95 Å². The molecule has 1 atom stereocenters. The third-order valence-corrected chi connectivity index (χ3v) is 2.99. The molecule has 0 bridgehead atoms. The highest BCUT2D eigenvalue weighted by molar-refractivity contribution is 5.94. The third kappa shape index (κ3) is 3.53. The van der Waals surface area contributed by atoms with Gasteiger partial charge in [0.05, 0.1) is 13.2 Å². The van der Waals surface area contributed by atoms with Gasteiger partial charge in [-0.3, -0.25) is 4.79 Å². The van der Waals surface area contributed by atoms with Crippen LogP contribution in [0.1, 0.15) is 28.9 Å². The number of nitrogens with one attached hydrogen (secondary N) is 1. The quantitative estimate of drug-likeness (QED) is 0.882. The summed E-state index contributed by atoms with van der Waals surface area (Å²) in [4.78, 5) is 15.4. The van der Waals surface area contributed by atoms with Gasteiger partial charge < -0.3 is 10.1 Å². The summed E-state index contributed by atoms with van der Waals surface area (Å²) in [5.74, 6) is -1.18. The van der Waals surface area contributed by atoms with E-state index < -0.39 is 23.7 Å². The number of aromatic nitrogens is 1. The SMILES string of the molecule is COc1ccc(F)cc1C(C)NC(=O)c1ccnc(F)c1. The number of carbonyl (C=O) groups is 1. The third-order valence-electron chi connectivity index (χ3n) is 2.99. The molecule has 1 unspecified atom stereocenters. The van der Waals surface area contributed by atoms with Crippen molar-refractivity contribution in [3.8, 4) is 5.75 Å². The lowest BCUT2D eigenvalue weighted by Crippen LogP contribution is -2.27. The maximum atomic E-state index is 13.3. The largest absolute Gasteiger partial charge is 0.496 e. The minimum atomic E-state index is -0.737. The van der Waals surface area contributed by atoms with Crippen molar-refractivity contribution < 1.29 is 18.3 Å².